The lowest BCUT2D eigenvalue weighted by Gasteiger charge is -2.27. The van der Waals surface area contributed by atoms with Crippen molar-refractivity contribution in [3.05, 3.63) is 54.9 Å². The number of anilines is 3. The van der Waals surface area contributed by atoms with Crippen molar-refractivity contribution in [2.75, 3.05) is 10.6 Å². The highest BCUT2D eigenvalue weighted by Crippen LogP contribution is 2.26. The molecule has 0 aliphatic heterocycles. The van der Waals surface area contributed by atoms with E-state index in [1.165, 1.54) is 0 Å². The predicted octanol–water partition coefficient (Wildman–Crippen LogP) is 3.70. The highest BCUT2D eigenvalue weighted by atomic mass is 15.3. The molecule has 0 saturated heterocycles. The Morgan fingerprint density at radius 3 is 2.75 bits per heavy atom. The Kier molecular flexibility index (Phi) is 4.29. The standard InChI is InChI=1S/C21H23N7/c22-15-6-8-16(9-7-15)24-20-13-18(21-23-11-12-28(21)27-20)26-19-10-5-14-3-1-2-4-17(14)25-19/h1-5,10-13,15-16H,6-9,22H2,(H,24,27)(H,25,26)/t15-,16-. The molecule has 0 amide bonds. The Balaban J connectivity index is 1.45. The van der Waals surface area contributed by atoms with Gasteiger partial charge in [-0.3, -0.25) is 0 Å². The van der Waals surface area contributed by atoms with Gasteiger partial charge in [0.15, 0.2) is 5.65 Å². The number of hydrogen-bond donors (Lipinski definition) is 3. The van der Waals surface area contributed by atoms with Crippen LogP contribution in [0.2, 0.25) is 0 Å². The topological polar surface area (TPSA) is 93.2 Å². The summed E-state index contributed by atoms with van der Waals surface area (Å²) < 4.78 is 1.79. The molecule has 0 atom stereocenters. The van der Waals surface area contributed by atoms with Gasteiger partial charge in [-0.05, 0) is 43.9 Å². The van der Waals surface area contributed by atoms with Crippen molar-refractivity contribution in [3.8, 4) is 0 Å². The van der Waals surface area contributed by atoms with Crippen LogP contribution in [-0.4, -0.2) is 31.7 Å². The molecular formula is C21H23N7. The first-order valence-electron chi connectivity index (χ1n) is 9.74. The molecule has 4 aromatic rings. The normalized spacial score (nSPS) is 19.8. The number of fused-ring (bicyclic) bond motifs is 2. The van der Waals surface area contributed by atoms with Crippen LogP contribution in [0.15, 0.2) is 54.9 Å². The average molecular weight is 373 g/mol. The minimum absolute atomic E-state index is 0.332. The number of nitrogens with one attached hydrogen (secondary N) is 2. The van der Waals surface area contributed by atoms with E-state index in [1.807, 2.05) is 36.5 Å². The summed E-state index contributed by atoms with van der Waals surface area (Å²) in [6.07, 6.45) is 7.86. The van der Waals surface area contributed by atoms with E-state index in [1.54, 1.807) is 10.7 Å². The second-order valence-electron chi connectivity index (χ2n) is 7.41. The third-order valence-electron chi connectivity index (χ3n) is 5.34. The molecule has 0 spiro atoms. The Morgan fingerprint density at radius 2 is 1.86 bits per heavy atom. The van der Waals surface area contributed by atoms with Crippen molar-refractivity contribution in [2.45, 2.75) is 37.8 Å². The van der Waals surface area contributed by atoms with Gasteiger partial charge in [-0.15, -0.1) is 5.10 Å². The van der Waals surface area contributed by atoms with Gasteiger partial charge in [0.2, 0.25) is 0 Å². The number of nitrogens with zero attached hydrogens (tertiary/aromatic N) is 4. The van der Waals surface area contributed by atoms with Crippen molar-refractivity contribution < 1.29 is 0 Å². The first-order valence-corrected chi connectivity index (χ1v) is 9.74. The van der Waals surface area contributed by atoms with Crippen LogP contribution in [0, 0.1) is 0 Å². The lowest BCUT2D eigenvalue weighted by atomic mass is 9.92. The van der Waals surface area contributed by atoms with Gasteiger partial charge in [0, 0.05) is 35.9 Å². The molecule has 1 aliphatic carbocycles. The molecule has 3 aromatic heterocycles. The van der Waals surface area contributed by atoms with Crippen LogP contribution >= 0.6 is 0 Å². The maximum absolute atomic E-state index is 6.03. The summed E-state index contributed by atoms with van der Waals surface area (Å²) in [5, 5.41) is 12.7. The van der Waals surface area contributed by atoms with Crippen LogP contribution in [0.1, 0.15) is 25.7 Å². The van der Waals surface area contributed by atoms with E-state index in [0.29, 0.717) is 12.1 Å². The van der Waals surface area contributed by atoms with Gasteiger partial charge in [-0.1, -0.05) is 18.2 Å². The molecule has 28 heavy (non-hydrogen) atoms. The third-order valence-corrected chi connectivity index (χ3v) is 5.34. The number of aromatic nitrogens is 4. The predicted molar refractivity (Wildman–Crippen MR) is 112 cm³/mol. The molecule has 0 radical (unpaired) electrons. The van der Waals surface area contributed by atoms with E-state index in [-0.39, 0.29) is 0 Å². The largest absolute Gasteiger partial charge is 0.366 e. The van der Waals surface area contributed by atoms with Gasteiger partial charge < -0.3 is 16.4 Å². The van der Waals surface area contributed by atoms with Crippen LogP contribution in [0.4, 0.5) is 17.3 Å². The molecule has 1 aliphatic rings. The highest BCUT2D eigenvalue weighted by Gasteiger charge is 2.19. The number of hydrogen-bond acceptors (Lipinski definition) is 6. The van der Waals surface area contributed by atoms with E-state index in [0.717, 1.165) is 59.6 Å². The van der Waals surface area contributed by atoms with Gasteiger partial charge in [-0.25, -0.2) is 14.5 Å². The van der Waals surface area contributed by atoms with Crippen molar-refractivity contribution >= 4 is 33.9 Å². The number of pyridine rings is 1. The van der Waals surface area contributed by atoms with E-state index in [4.69, 9.17) is 10.7 Å². The molecule has 4 N–H and O–H groups in total. The van der Waals surface area contributed by atoms with Crippen LogP contribution in [0.25, 0.3) is 16.6 Å². The van der Waals surface area contributed by atoms with Crippen molar-refractivity contribution in [1.82, 2.24) is 19.6 Å². The number of benzene rings is 1. The van der Waals surface area contributed by atoms with Gasteiger partial charge in [0.05, 0.1) is 11.2 Å². The number of imidazole rings is 1. The van der Waals surface area contributed by atoms with E-state index in [9.17, 15) is 0 Å². The fourth-order valence-electron chi connectivity index (χ4n) is 3.83. The van der Waals surface area contributed by atoms with E-state index >= 15 is 0 Å². The molecule has 1 saturated carbocycles. The summed E-state index contributed by atoms with van der Waals surface area (Å²) in [5.74, 6) is 1.61. The molecular weight excluding hydrogens is 350 g/mol. The molecule has 0 unspecified atom stereocenters. The lowest BCUT2D eigenvalue weighted by molar-refractivity contribution is 0.410. The molecule has 1 fully saturated rings. The molecule has 7 heteroatoms. The molecule has 7 nitrogen and oxygen atoms in total. The monoisotopic (exact) mass is 373 g/mol. The maximum Gasteiger partial charge on any atom is 0.177 e. The van der Waals surface area contributed by atoms with Gasteiger partial charge in [0.1, 0.15) is 11.6 Å². The summed E-state index contributed by atoms with van der Waals surface area (Å²) in [4.78, 5) is 9.15. The number of para-hydroxylation sites is 1. The van der Waals surface area contributed by atoms with Gasteiger partial charge in [-0.2, -0.15) is 0 Å². The fourth-order valence-corrected chi connectivity index (χ4v) is 3.83. The molecule has 142 valence electrons. The van der Waals surface area contributed by atoms with Crippen LogP contribution in [-0.2, 0) is 0 Å². The van der Waals surface area contributed by atoms with Crippen LogP contribution in [0.3, 0.4) is 0 Å². The minimum atomic E-state index is 0.332. The van der Waals surface area contributed by atoms with Gasteiger partial charge >= 0.3 is 0 Å². The molecule has 3 heterocycles. The summed E-state index contributed by atoms with van der Waals surface area (Å²) in [7, 11) is 0. The van der Waals surface area contributed by atoms with Crippen molar-refractivity contribution in [2.24, 2.45) is 5.73 Å². The number of nitrogens with two attached hydrogens (primary N) is 1. The zero-order valence-electron chi connectivity index (χ0n) is 15.5. The lowest BCUT2D eigenvalue weighted by Crippen LogP contribution is -2.33. The molecule has 0 bridgehead atoms. The first kappa shape index (κ1) is 16.9. The van der Waals surface area contributed by atoms with E-state index < -0.39 is 0 Å². The summed E-state index contributed by atoms with van der Waals surface area (Å²) in [5.41, 5.74) is 8.63. The quantitative estimate of drug-likeness (QED) is 0.505. The molecule has 5 rings (SSSR count). The van der Waals surface area contributed by atoms with Crippen LogP contribution in [0.5, 0.6) is 0 Å². The molecule has 1 aromatic carbocycles. The Hall–Kier alpha value is -3.19. The van der Waals surface area contributed by atoms with Crippen LogP contribution < -0.4 is 16.4 Å². The first-order chi connectivity index (χ1) is 13.7. The third kappa shape index (κ3) is 3.36. The number of rotatable bonds is 4. The van der Waals surface area contributed by atoms with Crippen molar-refractivity contribution in [3.63, 3.8) is 0 Å². The maximum atomic E-state index is 6.03. The Labute approximate surface area is 163 Å². The smallest absolute Gasteiger partial charge is 0.177 e. The SMILES string of the molecule is N[C@H]1CC[C@H](Nc2cc(Nc3ccc4ccccc4n3)c3nccn3n2)CC1. The van der Waals surface area contributed by atoms with E-state index in [2.05, 4.69) is 32.8 Å². The minimum Gasteiger partial charge on any atom is -0.366 e. The summed E-state index contributed by atoms with van der Waals surface area (Å²) >= 11 is 0. The summed E-state index contributed by atoms with van der Waals surface area (Å²) in [6.45, 7) is 0. The fraction of sp³-hybridized carbons (Fsp3) is 0.286. The second kappa shape index (κ2) is 7.09. The van der Waals surface area contributed by atoms with Crippen molar-refractivity contribution in [1.29, 1.82) is 0 Å². The Bertz CT molecular complexity index is 1110. The summed E-state index contributed by atoms with van der Waals surface area (Å²) in [6, 6.07) is 14.9. The second-order valence-corrected chi connectivity index (χ2v) is 7.41. The Morgan fingerprint density at radius 1 is 1.00 bits per heavy atom. The zero-order chi connectivity index (χ0) is 18.9. The highest BCUT2D eigenvalue weighted by molar-refractivity contribution is 5.82. The zero-order valence-corrected chi connectivity index (χ0v) is 15.5. The average Bonchev–Trinajstić information content (AvgIpc) is 3.19. The van der Waals surface area contributed by atoms with Gasteiger partial charge in [0.25, 0.3) is 0 Å².